The van der Waals surface area contributed by atoms with E-state index in [1.165, 1.54) is 5.01 Å². The van der Waals surface area contributed by atoms with Gasteiger partial charge < -0.3 is 5.32 Å². The number of benzene rings is 5. The van der Waals surface area contributed by atoms with Gasteiger partial charge in [0.2, 0.25) is 0 Å². The number of anilines is 2. The average molecular weight is 612 g/mol. The summed E-state index contributed by atoms with van der Waals surface area (Å²) in [6.07, 6.45) is 1.71. The van der Waals surface area contributed by atoms with Crippen molar-refractivity contribution >= 4 is 84.6 Å². The van der Waals surface area contributed by atoms with E-state index in [2.05, 4.69) is 28.6 Å². The minimum absolute atomic E-state index is 0.0754. The van der Waals surface area contributed by atoms with E-state index in [1.54, 1.807) is 46.6 Å². The number of amides is 1. The van der Waals surface area contributed by atoms with Crippen LogP contribution < -0.4 is 15.9 Å². The van der Waals surface area contributed by atoms with Crippen molar-refractivity contribution in [3.63, 3.8) is 0 Å². The zero-order valence-electron chi connectivity index (χ0n) is 23.3. The zero-order valence-corrected chi connectivity index (χ0v) is 24.9. The van der Waals surface area contributed by atoms with Crippen LogP contribution in [0.1, 0.15) is 6.92 Å². The summed E-state index contributed by atoms with van der Waals surface area (Å²) in [6, 6.07) is 32.7. The minimum Gasteiger partial charge on any atom is -0.360 e. The molecular formula is C35H22ClN5O2S. The van der Waals surface area contributed by atoms with Crippen molar-refractivity contribution in [2.45, 2.75) is 16.7 Å². The molecule has 0 unspecified atom stereocenters. The van der Waals surface area contributed by atoms with Crippen LogP contribution in [0.2, 0.25) is 5.02 Å². The normalized spacial score (nSPS) is 14.5. The second-order valence-electron chi connectivity index (χ2n) is 10.5. The van der Waals surface area contributed by atoms with Gasteiger partial charge in [-0.3, -0.25) is 14.0 Å². The average Bonchev–Trinajstić information content (AvgIpc) is 3.57. The van der Waals surface area contributed by atoms with E-state index in [9.17, 15) is 9.59 Å². The maximum Gasteiger partial charge on any atom is 0.282 e. The molecule has 5 aromatic carbocycles. The van der Waals surface area contributed by atoms with Crippen LogP contribution in [-0.2, 0) is 4.79 Å². The maximum atomic E-state index is 13.7. The molecule has 0 spiro atoms. The number of halogens is 1. The van der Waals surface area contributed by atoms with Gasteiger partial charge >= 0.3 is 0 Å². The second kappa shape index (κ2) is 10.2. The molecule has 1 amide bonds. The van der Waals surface area contributed by atoms with Crippen molar-refractivity contribution in [3.8, 4) is 0 Å². The first-order chi connectivity index (χ1) is 21.5. The van der Waals surface area contributed by atoms with Crippen LogP contribution in [0.25, 0.3) is 38.2 Å². The van der Waals surface area contributed by atoms with E-state index < -0.39 is 0 Å². The summed E-state index contributed by atoms with van der Waals surface area (Å²) in [7, 11) is 0. The summed E-state index contributed by atoms with van der Waals surface area (Å²) in [4.78, 5) is 33.8. The standard InChI is InChI=1S/C35H22ClN5O2S/c1-20-26(35(43)41(39-20)22-15-13-21(36)14-16-22)19-37-28-10-3-5-12-31(28)44-30-18-17-24-32-23(30)7-6-8-25(32)34(42)40-29-11-4-2-9-27(29)38-33(24)40/h2-19,37H,1H3. The molecule has 44 heavy (non-hydrogen) atoms. The third-order valence-corrected chi connectivity index (χ3v) is 9.25. The number of rotatable bonds is 5. The molecular weight excluding hydrogens is 590 g/mol. The number of aromatic nitrogens is 2. The van der Waals surface area contributed by atoms with Crippen LogP contribution >= 0.6 is 23.4 Å². The van der Waals surface area contributed by atoms with Gasteiger partial charge in [0.1, 0.15) is 5.65 Å². The van der Waals surface area contributed by atoms with Crippen molar-refractivity contribution in [2.24, 2.45) is 5.10 Å². The Hall–Kier alpha value is -5.18. The maximum absolute atomic E-state index is 13.7. The summed E-state index contributed by atoms with van der Waals surface area (Å²) >= 11 is 7.62. The molecule has 1 aliphatic rings. The Labute approximate surface area is 260 Å². The summed E-state index contributed by atoms with van der Waals surface area (Å²) in [5.74, 6) is -0.221. The van der Waals surface area contributed by atoms with Gasteiger partial charge in [-0.05, 0) is 79.0 Å². The number of carbonyl (C=O) groups excluding carboxylic acids is 1. The number of fused-ring (bicyclic) bond motifs is 4. The van der Waals surface area contributed by atoms with Crippen molar-refractivity contribution in [1.29, 1.82) is 0 Å². The molecule has 3 heterocycles. The summed E-state index contributed by atoms with van der Waals surface area (Å²) < 4.78 is 1.72. The number of hydrazone groups is 1. The minimum atomic E-state index is -0.221. The zero-order chi connectivity index (χ0) is 29.9. The van der Waals surface area contributed by atoms with Gasteiger partial charge in [-0.25, -0.2) is 4.98 Å². The van der Waals surface area contributed by atoms with E-state index >= 15 is 0 Å². The molecule has 8 rings (SSSR count). The number of nitrogens with zero attached hydrogens (tertiary/aromatic N) is 4. The number of pyridine rings is 1. The van der Waals surface area contributed by atoms with Crippen molar-refractivity contribution in [3.05, 3.63) is 130 Å². The summed E-state index contributed by atoms with van der Waals surface area (Å²) in [5.41, 5.74) is 4.76. The van der Waals surface area contributed by atoms with E-state index in [0.29, 0.717) is 33.0 Å². The van der Waals surface area contributed by atoms with Gasteiger partial charge in [-0.1, -0.05) is 59.8 Å². The van der Waals surface area contributed by atoms with Crippen LogP contribution in [0.15, 0.2) is 135 Å². The van der Waals surface area contributed by atoms with Gasteiger partial charge in [-0.15, -0.1) is 0 Å². The highest BCUT2D eigenvalue weighted by molar-refractivity contribution is 7.99. The molecule has 9 heteroatoms. The first-order valence-corrected chi connectivity index (χ1v) is 15.1. The Balaban J connectivity index is 1.16. The monoisotopic (exact) mass is 611 g/mol. The SMILES string of the molecule is CC1=NN(c2ccc(Cl)cc2)C(=O)C1=CNc1ccccc1Sc1ccc2c3c1cccc3c(=O)n1c3ccccc3nc21. The highest BCUT2D eigenvalue weighted by Gasteiger charge is 2.29. The fourth-order valence-corrected chi connectivity index (χ4v) is 6.91. The lowest BCUT2D eigenvalue weighted by molar-refractivity contribution is -0.114. The van der Waals surface area contributed by atoms with Crippen molar-refractivity contribution in [1.82, 2.24) is 9.38 Å². The van der Waals surface area contributed by atoms with E-state index in [1.807, 2.05) is 67.6 Å². The third kappa shape index (κ3) is 4.14. The van der Waals surface area contributed by atoms with Gasteiger partial charge in [-0.2, -0.15) is 10.1 Å². The number of carbonyl (C=O) groups is 1. The lowest BCUT2D eigenvalue weighted by atomic mass is 10.0. The highest BCUT2D eigenvalue weighted by Crippen LogP contribution is 2.41. The lowest BCUT2D eigenvalue weighted by Gasteiger charge is -2.14. The topological polar surface area (TPSA) is 79.1 Å². The fourth-order valence-electron chi connectivity index (χ4n) is 5.75. The van der Waals surface area contributed by atoms with Gasteiger partial charge in [0, 0.05) is 37.2 Å². The molecule has 0 radical (unpaired) electrons. The molecule has 7 nitrogen and oxygen atoms in total. The molecule has 212 valence electrons. The Bertz CT molecular complexity index is 2420. The predicted octanol–water partition coefficient (Wildman–Crippen LogP) is 8.12. The van der Waals surface area contributed by atoms with Crippen molar-refractivity contribution < 1.29 is 4.79 Å². The molecule has 0 saturated heterocycles. The van der Waals surface area contributed by atoms with Gasteiger partial charge in [0.05, 0.1) is 33.7 Å². The van der Waals surface area contributed by atoms with Gasteiger partial charge in [0.15, 0.2) is 0 Å². The molecule has 7 aromatic rings. The van der Waals surface area contributed by atoms with Gasteiger partial charge in [0.25, 0.3) is 11.5 Å². The van der Waals surface area contributed by atoms with E-state index in [4.69, 9.17) is 16.6 Å². The molecule has 0 fully saturated rings. The third-order valence-electron chi connectivity index (χ3n) is 7.85. The Morgan fingerprint density at radius 3 is 2.43 bits per heavy atom. The van der Waals surface area contributed by atoms with Crippen LogP contribution in [-0.4, -0.2) is 21.0 Å². The number of imidazole rings is 1. The van der Waals surface area contributed by atoms with Crippen LogP contribution in [0.3, 0.4) is 0 Å². The molecule has 1 aliphatic heterocycles. The Morgan fingerprint density at radius 2 is 1.57 bits per heavy atom. The molecule has 0 bridgehead atoms. The molecule has 2 aromatic heterocycles. The summed E-state index contributed by atoms with van der Waals surface area (Å²) in [6.45, 7) is 1.81. The molecule has 0 saturated carbocycles. The molecule has 0 atom stereocenters. The van der Waals surface area contributed by atoms with Crippen LogP contribution in [0, 0.1) is 0 Å². The Morgan fingerprint density at radius 1 is 0.795 bits per heavy atom. The van der Waals surface area contributed by atoms with Crippen LogP contribution in [0.5, 0.6) is 0 Å². The first kappa shape index (κ1) is 26.4. The molecule has 0 aliphatic carbocycles. The predicted molar refractivity (Wildman–Crippen MR) is 179 cm³/mol. The number of hydrogen-bond acceptors (Lipinski definition) is 6. The first-order valence-electron chi connectivity index (χ1n) is 14.0. The largest absolute Gasteiger partial charge is 0.360 e. The van der Waals surface area contributed by atoms with E-state index in [0.717, 1.165) is 42.7 Å². The summed E-state index contributed by atoms with van der Waals surface area (Å²) in [5, 5.41) is 13.3. The Kier molecular flexibility index (Phi) is 6.14. The van der Waals surface area contributed by atoms with Crippen LogP contribution in [0.4, 0.5) is 11.4 Å². The fraction of sp³-hybridized carbons (Fsp3) is 0.0286. The number of nitrogens with one attached hydrogen (secondary N) is 1. The molecule has 1 N–H and O–H groups in total. The quantitative estimate of drug-likeness (QED) is 0.199. The number of hydrogen-bond donors (Lipinski definition) is 1. The van der Waals surface area contributed by atoms with Crippen molar-refractivity contribution in [2.75, 3.05) is 10.3 Å². The van der Waals surface area contributed by atoms with E-state index in [-0.39, 0.29) is 11.5 Å². The second-order valence-corrected chi connectivity index (χ2v) is 12.0. The highest BCUT2D eigenvalue weighted by atomic mass is 35.5. The lowest BCUT2D eigenvalue weighted by Crippen LogP contribution is -2.21. The number of para-hydroxylation sites is 3. The smallest absolute Gasteiger partial charge is 0.282 e.